The number of urea groups is 1. The van der Waals surface area contributed by atoms with Crippen LogP contribution in [0.2, 0.25) is 0 Å². The van der Waals surface area contributed by atoms with Gasteiger partial charge in [-0.05, 0) is 18.6 Å². The predicted molar refractivity (Wildman–Crippen MR) is 108 cm³/mol. The molecule has 27 heavy (non-hydrogen) atoms. The van der Waals surface area contributed by atoms with E-state index in [4.69, 9.17) is 9.15 Å². The van der Waals surface area contributed by atoms with Crippen LogP contribution >= 0.6 is 0 Å². The summed E-state index contributed by atoms with van der Waals surface area (Å²) in [6.45, 7) is 3.04. The van der Waals surface area contributed by atoms with Crippen LogP contribution in [-0.2, 0) is 10.8 Å². The first-order valence-corrected chi connectivity index (χ1v) is 10.4. The van der Waals surface area contributed by atoms with E-state index in [0.29, 0.717) is 35.9 Å². The lowest BCUT2D eigenvalue weighted by Crippen LogP contribution is -2.36. The maximum Gasteiger partial charge on any atom is 0.321 e. The number of hydrogen-bond acceptors (Lipinski definition) is 4. The second-order valence-electron chi connectivity index (χ2n) is 6.75. The lowest BCUT2D eigenvalue weighted by molar-refractivity contribution is 0.215. The van der Waals surface area contributed by atoms with Gasteiger partial charge in [-0.15, -0.1) is 0 Å². The summed E-state index contributed by atoms with van der Waals surface area (Å²) in [4.78, 5) is 14.5. The largest absolute Gasteiger partial charge is 0.495 e. The van der Waals surface area contributed by atoms with Crippen LogP contribution in [0.3, 0.4) is 0 Å². The Balaban J connectivity index is 1.63. The molecule has 2 aromatic carbocycles. The van der Waals surface area contributed by atoms with Gasteiger partial charge in [-0.25, -0.2) is 4.79 Å². The molecular weight excluding hydrogens is 364 g/mol. The monoisotopic (exact) mass is 386 g/mol. The fourth-order valence-electron chi connectivity index (χ4n) is 3.40. The molecule has 0 radical (unpaired) electrons. The van der Waals surface area contributed by atoms with Crippen LogP contribution < -0.4 is 10.1 Å². The highest BCUT2D eigenvalue weighted by atomic mass is 32.2. The van der Waals surface area contributed by atoms with Crippen molar-refractivity contribution in [2.75, 3.05) is 31.3 Å². The van der Waals surface area contributed by atoms with Crippen molar-refractivity contribution in [3.8, 4) is 5.75 Å². The first-order chi connectivity index (χ1) is 13.1. The summed E-state index contributed by atoms with van der Waals surface area (Å²) in [5, 5.41) is 4.99. The van der Waals surface area contributed by atoms with Crippen LogP contribution in [0, 0.1) is 0 Å². The van der Waals surface area contributed by atoms with Gasteiger partial charge in [0.15, 0.2) is 0 Å². The highest BCUT2D eigenvalue weighted by molar-refractivity contribution is 7.85. The van der Waals surface area contributed by atoms with Crippen LogP contribution in [0.4, 0.5) is 10.5 Å². The van der Waals surface area contributed by atoms with E-state index in [1.54, 1.807) is 18.1 Å². The number of carbonyl (C=O) groups excluding carboxylic acids is 1. The van der Waals surface area contributed by atoms with Crippen LogP contribution in [0.25, 0.3) is 21.9 Å². The van der Waals surface area contributed by atoms with Crippen molar-refractivity contribution in [3.63, 3.8) is 0 Å². The first kappa shape index (κ1) is 17.9. The molecule has 1 aliphatic heterocycles. The average molecular weight is 386 g/mol. The predicted octanol–water partition coefficient (Wildman–Crippen LogP) is 3.97. The van der Waals surface area contributed by atoms with Gasteiger partial charge in [0, 0.05) is 51.7 Å². The number of rotatable bonds is 2. The zero-order valence-electron chi connectivity index (χ0n) is 15.4. The summed E-state index contributed by atoms with van der Waals surface area (Å²) >= 11 is 0. The lowest BCUT2D eigenvalue weighted by atomic mass is 10.1. The van der Waals surface area contributed by atoms with E-state index >= 15 is 0 Å². The quantitative estimate of drug-likeness (QED) is 0.723. The Morgan fingerprint density at radius 1 is 1.22 bits per heavy atom. The van der Waals surface area contributed by atoms with E-state index in [1.807, 2.05) is 37.3 Å². The Bertz CT molecular complexity index is 1030. The Morgan fingerprint density at radius 2 is 2.04 bits per heavy atom. The molecule has 1 N–H and O–H groups in total. The van der Waals surface area contributed by atoms with Gasteiger partial charge >= 0.3 is 6.03 Å². The van der Waals surface area contributed by atoms with Gasteiger partial charge in [0.05, 0.1) is 12.8 Å². The Hall–Kier alpha value is -2.54. The smallest absolute Gasteiger partial charge is 0.321 e. The normalized spacial score (nSPS) is 20.6. The van der Waals surface area contributed by atoms with E-state index in [-0.39, 0.29) is 11.3 Å². The van der Waals surface area contributed by atoms with Crippen molar-refractivity contribution in [1.82, 2.24) is 4.90 Å². The van der Waals surface area contributed by atoms with Crippen molar-refractivity contribution < 1.29 is 18.2 Å². The van der Waals surface area contributed by atoms with Crippen LogP contribution in [-0.4, -0.2) is 46.3 Å². The van der Waals surface area contributed by atoms with E-state index in [1.165, 1.54) is 0 Å². The third-order valence-electron chi connectivity index (χ3n) is 5.04. The summed E-state index contributed by atoms with van der Waals surface area (Å²) in [6, 6.07) is 11.3. The number of hydrogen-bond donors (Lipinski definition) is 1. The van der Waals surface area contributed by atoms with E-state index in [2.05, 4.69) is 5.32 Å². The molecular formula is C20H22N2O4S. The summed E-state index contributed by atoms with van der Waals surface area (Å²) < 4.78 is 23.4. The fourth-order valence-corrected chi connectivity index (χ4v) is 4.57. The molecule has 2 amide bonds. The zero-order valence-corrected chi connectivity index (χ0v) is 16.2. The van der Waals surface area contributed by atoms with E-state index in [0.717, 1.165) is 22.8 Å². The van der Waals surface area contributed by atoms with E-state index in [9.17, 15) is 9.00 Å². The van der Waals surface area contributed by atoms with Crippen molar-refractivity contribution in [2.45, 2.75) is 18.6 Å². The van der Waals surface area contributed by atoms with Gasteiger partial charge in [0.1, 0.15) is 16.9 Å². The number of anilines is 1. The number of amides is 2. The summed E-state index contributed by atoms with van der Waals surface area (Å²) in [5.74, 6) is 1.09. The molecule has 1 aliphatic rings. The Labute approximate surface area is 159 Å². The SMILES string of the molecule is COc1cc2c(cc1NC(=O)N1CC[C@@H](C)[S@@](=O)CC1)oc1ccccc12. The summed E-state index contributed by atoms with van der Waals surface area (Å²) in [6.07, 6.45) is 0.736. The molecule has 1 aromatic heterocycles. The Kier molecular flexibility index (Phi) is 4.78. The molecule has 1 saturated heterocycles. The molecule has 7 heteroatoms. The topological polar surface area (TPSA) is 71.8 Å². The van der Waals surface area contributed by atoms with Crippen molar-refractivity contribution in [3.05, 3.63) is 36.4 Å². The van der Waals surface area contributed by atoms with Gasteiger partial charge < -0.3 is 19.4 Å². The number of furan rings is 1. The molecule has 0 saturated carbocycles. The van der Waals surface area contributed by atoms with Gasteiger partial charge in [-0.2, -0.15) is 0 Å². The number of nitrogens with one attached hydrogen (secondary N) is 1. The minimum Gasteiger partial charge on any atom is -0.495 e. The highest BCUT2D eigenvalue weighted by Crippen LogP contribution is 2.36. The van der Waals surface area contributed by atoms with Gasteiger partial charge in [-0.3, -0.25) is 4.21 Å². The minimum absolute atomic E-state index is 0.115. The second-order valence-corrected chi connectivity index (χ2v) is 8.72. The number of benzene rings is 2. The number of methoxy groups -OCH3 is 1. The first-order valence-electron chi connectivity index (χ1n) is 8.99. The maximum absolute atomic E-state index is 12.7. The molecule has 3 aromatic rings. The van der Waals surface area contributed by atoms with Crippen LogP contribution in [0.5, 0.6) is 5.75 Å². The molecule has 142 valence electrons. The summed E-state index contributed by atoms with van der Waals surface area (Å²) in [7, 11) is 0.698. The summed E-state index contributed by atoms with van der Waals surface area (Å²) in [5.41, 5.74) is 2.05. The number of ether oxygens (including phenoxy) is 1. The van der Waals surface area contributed by atoms with Gasteiger partial charge in [0.2, 0.25) is 0 Å². The lowest BCUT2D eigenvalue weighted by Gasteiger charge is -2.21. The maximum atomic E-state index is 12.7. The Morgan fingerprint density at radius 3 is 2.85 bits per heavy atom. The van der Waals surface area contributed by atoms with E-state index < -0.39 is 10.8 Å². The van der Waals surface area contributed by atoms with Crippen molar-refractivity contribution in [1.29, 1.82) is 0 Å². The van der Waals surface area contributed by atoms with Crippen molar-refractivity contribution in [2.24, 2.45) is 0 Å². The molecule has 1 fully saturated rings. The van der Waals surface area contributed by atoms with Crippen LogP contribution in [0.1, 0.15) is 13.3 Å². The number of carbonyl (C=O) groups is 1. The van der Waals surface area contributed by atoms with Gasteiger partial charge in [-0.1, -0.05) is 25.1 Å². The second kappa shape index (κ2) is 7.23. The minimum atomic E-state index is -0.881. The third-order valence-corrected chi connectivity index (χ3v) is 6.76. The molecule has 6 nitrogen and oxygen atoms in total. The molecule has 0 unspecified atom stereocenters. The van der Waals surface area contributed by atoms with Gasteiger partial charge in [0.25, 0.3) is 0 Å². The fraction of sp³-hybridized carbons (Fsp3) is 0.350. The molecule has 0 aliphatic carbocycles. The number of para-hydroxylation sites is 1. The molecule has 0 bridgehead atoms. The molecule has 0 spiro atoms. The highest BCUT2D eigenvalue weighted by Gasteiger charge is 2.23. The molecule has 2 heterocycles. The van der Waals surface area contributed by atoms with Crippen LogP contribution in [0.15, 0.2) is 40.8 Å². The number of fused-ring (bicyclic) bond motifs is 3. The molecule has 4 rings (SSSR count). The standard InChI is InChI=1S/C20H22N2O4S/c1-13-7-8-22(9-10-27(13)24)20(23)21-16-12-18-15(11-19(16)25-2)14-5-3-4-6-17(14)26-18/h3-6,11-13H,7-10H2,1-2H3,(H,21,23)/t13-,27+/m1/s1. The third kappa shape index (κ3) is 3.39. The average Bonchev–Trinajstić information content (AvgIpc) is 2.94. The zero-order chi connectivity index (χ0) is 19.0. The van der Waals surface area contributed by atoms with Crippen molar-refractivity contribution >= 4 is 44.5 Å². The number of nitrogens with zero attached hydrogens (tertiary/aromatic N) is 1. The molecule has 2 atom stereocenters.